The molecule has 0 aromatic rings. The summed E-state index contributed by atoms with van der Waals surface area (Å²) in [7, 11) is 0. The van der Waals surface area contributed by atoms with Crippen LogP contribution in [0.2, 0.25) is 0 Å². The molecule has 0 saturated carbocycles. The van der Waals surface area contributed by atoms with Gasteiger partial charge >= 0.3 is 0 Å². The van der Waals surface area contributed by atoms with E-state index in [1.165, 1.54) is 25.8 Å². The lowest BCUT2D eigenvalue weighted by Crippen LogP contribution is -2.46. The van der Waals surface area contributed by atoms with E-state index in [9.17, 15) is 0 Å². The van der Waals surface area contributed by atoms with Crippen LogP contribution in [0.3, 0.4) is 0 Å². The number of nitrogens with zero attached hydrogens (tertiary/aromatic N) is 1. The molecule has 3 nitrogen and oxygen atoms in total. The molecule has 0 aromatic heterocycles. The first-order chi connectivity index (χ1) is 7.77. The second kappa shape index (κ2) is 8.04. The third-order valence-electron chi connectivity index (χ3n) is 3.45. The van der Waals surface area contributed by atoms with Crippen LogP contribution in [0.1, 0.15) is 40.0 Å². The Kier molecular flexibility index (Phi) is 7.01. The van der Waals surface area contributed by atoms with Gasteiger partial charge in [0.1, 0.15) is 0 Å². The first kappa shape index (κ1) is 13.9. The summed E-state index contributed by atoms with van der Waals surface area (Å²) in [5, 5.41) is 3.53. The van der Waals surface area contributed by atoms with Crippen molar-refractivity contribution in [1.82, 2.24) is 10.2 Å². The number of hydrogen-bond acceptors (Lipinski definition) is 3. The van der Waals surface area contributed by atoms with E-state index in [4.69, 9.17) is 4.74 Å². The van der Waals surface area contributed by atoms with Crippen LogP contribution in [0, 0.1) is 0 Å². The number of rotatable bonds is 7. The van der Waals surface area contributed by atoms with Gasteiger partial charge in [0.25, 0.3) is 0 Å². The summed E-state index contributed by atoms with van der Waals surface area (Å²) in [6, 6.07) is 1.22. The van der Waals surface area contributed by atoms with Gasteiger partial charge in [0.05, 0.1) is 13.2 Å². The largest absolute Gasteiger partial charge is 0.379 e. The van der Waals surface area contributed by atoms with Crippen LogP contribution in [-0.2, 0) is 4.74 Å². The highest BCUT2D eigenvalue weighted by Gasteiger charge is 2.19. The molecule has 0 spiro atoms. The van der Waals surface area contributed by atoms with Crippen LogP contribution in [0.25, 0.3) is 0 Å². The molecule has 2 unspecified atom stereocenters. The Hall–Kier alpha value is -0.120. The molecule has 2 atom stereocenters. The lowest BCUT2D eigenvalue weighted by atomic mass is 10.1. The predicted octanol–water partition coefficient (Wildman–Crippen LogP) is 1.88. The van der Waals surface area contributed by atoms with Crippen molar-refractivity contribution in [3.05, 3.63) is 0 Å². The molecular weight excluding hydrogens is 200 g/mol. The molecule has 1 heterocycles. The van der Waals surface area contributed by atoms with Gasteiger partial charge in [-0.3, -0.25) is 0 Å². The van der Waals surface area contributed by atoms with Gasteiger partial charge in [-0.15, -0.1) is 0 Å². The normalized spacial score (nSPS) is 23.6. The zero-order chi connectivity index (χ0) is 11.8. The minimum Gasteiger partial charge on any atom is -0.379 e. The van der Waals surface area contributed by atoms with E-state index in [1.807, 2.05) is 0 Å². The van der Waals surface area contributed by atoms with Gasteiger partial charge in [0.2, 0.25) is 0 Å². The molecule has 1 N–H and O–H groups in total. The minimum absolute atomic E-state index is 0.555. The summed E-state index contributed by atoms with van der Waals surface area (Å²) >= 11 is 0. The van der Waals surface area contributed by atoms with E-state index in [1.54, 1.807) is 0 Å². The van der Waals surface area contributed by atoms with E-state index in [0.717, 1.165) is 26.3 Å². The molecule has 0 amide bonds. The Labute approximate surface area is 101 Å². The van der Waals surface area contributed by atoms with Crippen LogP contribution in [-0.4, -0.2) is 49.8 Å². The van der Waals surface area contributed by atoms with Crippen molar-refractivity contribution >= 4 is 0 Å². The zero-order valence-electron chi connectivity index (χ0n) is 11.2. The molecule has 1 saturated heterocycles. The summed E-state index contributed by atoms with van der Waals surface area (Å²) in [6.45, 7) is 12.0. The van der Waals surface area contributed by atoms with Gasteiger partial charge in [-0.1, -0.05) is 20.3 Å². The molecule has 96 valence electrons. The third-order valence-corrected chi connectivity index (χ3v) is 3.45. The number of unbranched alkanes of at least 4 members (excludes halogenated alkanes) is 1. The number of hydrogen-bond donors (Lipinski definition) is 1. The fraction of sp³-hybridized carbons (Fsp3) is 1.00. The third kappa shape index (κ3) is 4.81. The Bertz CT molecular complexity index is 169. The predicted molar refractivity (Wildman–Crippen MR) is 68.8 cm³/mol. The second-order valence-electron chi connectivity index (χ2n) is 4.79. The first-order valence-corrected chi connectivity index (χ1v) is 6.83. The van der Waals surface area contributed by atoms with Crippen molar-refractivity contribution in [1.29, 1.82) is 0 Å². The van der Waals surface area contributed by atoms with Crippen molar-refractivity contribution in [3.63, 3.8) is 0 Å². The molecule has 1 fully saturated rings. The van der Waals surface area contributed by atoms with E-state index in [0.29, 0.717) is 12.1 Å². The van der Waals surface area contributed by atoms with Crippen LogP contribution >= 0.6 is 0 Å². The van der Waals surface area contributed by atoms with Crippen LogP contribution in [0.5, 0.6) is 0 Å². The van der Waals surface area contributed by atoms with E-state index < -0.39 is 0 Å². The molecule has 0 aliphatic carbocycles. The molecule has 16 heavy (non-hydrogen) atoms. The SMILES string of the molecule is CCCCN(CC)C(C)CC1COCCN1. The maximum atomic E-state index is 5.50. The zero-order valence-corrected chi connectivity index (χ0v) is 11.2. The minimum atomic E-state index is 0.555. The fourth-order valence-corrected chi connectivity index (χ4v) is 2.38. The standard InChI is InChI=1S/C13H28N2O/c1-4-6-8-15(5-2)12(3)10-13-11-16-9-7-14-13/h12-14H,4-11H2,1-3H3. The van der Waals surface area contributed by atoms with Gasteiger partial charge in [-0.05, 0) is 32.9 Å². The van der Waals surface area contributed by atoms with Crippen LogP contribution in [0.4, 0.5) is 0 Å². The maximum Gasteiger partial charge on any atom is 0.0620 e. The summed E-state index contributed by atoms with van der Waals surface area (Å²) in [6.07, 6.45) is 3.80. The summed E-state index contributed by atoms with van der Waals surface area (Å²) < 4.78 is 5.50. The monoisotopic (exact) mass is 228 g/mol. The van der Waals surface area contributed by atoms with Gasteiger partial charge in [0.15, 0.2) is 0 Å². The number of ether oxygens (including phenoxy) is 1. The van der Waals surface area contributed by atoms with Crippen LogP contribution < -0.4 is 5.32 Å². The first-order valence-electron chi connectivity index (χ1n) is 6.83. The molecule has 0 aromatic carbocycles. The van der Waals surface area contributed by atoms with E-state index in [2.05, 4.69) is 31.0 Å². The highest BCUT2D eigenvalue weighted by molar-refractivity contribution is 4.77. The summed E-state index contributed by atoms with van der Waals surface area (Å²) in [5.74, 6) is 0. The van der Waals surface area contributed by atoms with Crippen molar-refractivity contribution in [2.45, 2.75) is 52.1 Å². The molecule has 3 heteroatoms. The Morgan fingerprint density at radius 2 is 2.25 bits per heavy atom. The molecule has 1 aliphatic rings. The van der Waals surface area contributed by atoms with Crippen molar-refractivity contribution in [2.75, 3.05) is 32.8 Å². The molecule has 0 bridgehead atoms. The lowest BCUT2D eigenvalue weighted by molar-refractivity contribution is 0.0623. The van der Waals surface area contributed by atoms with Gasteiger partial charge < -0.3 is 15.0 Å². The average molecular weight is 228 g/mol. The van der Waals surface area contributed by atoms with Crippen LogP contribution in [0.15, 0.2) is 0 Å². The number of morpholine rings is 1. The van der Waals surface area contributed by atoms with E-state index >= 15 is 0 Å². The number of nitrogens with one attached hydrogen (secondary N) is 1. The fourth-order valence-electron chi connectivity index (χ4n) is 2.38. The van der Waals surface area contributed by atoms with E-state index in [-0.39, 0.29) is 0 Å². The smallest absolute Gasteiger partial charge is 0.0620 e. The summed E-state index contributed by atoms with van der Waals surface area (Å²) in [4.78, 5) is 2.58. The quantitative estimate of drug-likeness (QED) is 0.720. The van der Waals surface area contributed by atoms with Gasteiger partial charge in [0, 0.05) is 18.6 Å². The Balaban J connectivity index is 2.26. The topological polar surface area (TPSA) is 24.5 Å². The average Bonchev–Trinajstić information content (AvgIpc) is 2.31. The van der Waals surface area contributed by atoms with Crippen molar-refractivity contribution in [3.8, 4) is 0 Å². The van der Waals surface area contributed by atoms with Crippen molar-refractivity contribution in [2.24, 2.45) is 0 Å². The summed E-state index contributed by atoms with van der Waals surface area (Å²) in [5.41, 5.74) is 0. The molecule has 0 radical (unpaired) electrons. The molecular formula is C13H28N2O. The van der Waals surface area contributed by atoms with Gasteiger partial charge in [-0.2, -0.15) is 0 Å². The molecule has 1 aliphatic heterocycles. The van der Waals surface area contributed by atoms with Crippen molar-refractivity contribution < 1.29 is 4.74 Å². The van der Waals surface area contributed by atoms with Gasteiger partial charge in [-0.25, -0.2) is 0 Å². The second-order valence-corrected chi connectivity index (χ2v) is 4.79. The maximum absolute atomic E-state index is 5.50. The Morgan fingerprint density at radius 3 is 2.81 bits per heavy atom. The highest BCUT2D eigenvalue weighted by Crippen LogP contribution is 2.10. The Morgan fingerprint density at radius 1 is 1.44 bits per heavy atom. The molecule has 1 rings (SSSR count). The highest BCUT2D eigenvalue weighted by atomic mass is 16.5. The lowest BCUT2D eigenvalue weighted by Gasteiger charge is -2.32.